The van der Waals surface area contributed by atoms with E-state index in [1.165, 1.54) is 7.11 Å². The summed E-state index contributed by atoms with van der Waals surface area (Å²) < 4.78 is 5.70. The van der Waals surface area contributed by atoms with Gasteiger partial charge in [-0.05, 0) is 41.1 Å². The smallest absolute Gasteiger partial charge is 0.311 e. The van der Waals surface area contributed by atoms with E-state index in [0.717, 1.165) is 9.13 Å². The van der Waals surface area contributed by atoms with Gasteiger partial charge in [0.15, 0.2) is 0 Å². The number of halogens is 1. The maximum atomic E-state index is 11.9. The van der Waals surface area contributed by atoms with Crippen molar-refractivity contribution in [2.24, 2.45) is 5.92 Å². The molecule has 5 nitrogen and oxygen atoms in total. The Balaban J connectivity index is 2.24. The van der Waals surface area contributed by atoms with Gasteiger partial charge in [-0.25, -0.2) is 4.98 Å². The number of ether oxygens (including phenoxy) is 1. The number of methoxy groups -OCH3 is 1. The van der Waals surface area contributed by atoms with E-state index in [2.05, 4.69) is 32.3 Å². The summed E-state index contributed by atoms with van der Waals surface area (Å²) in [6, 6.07) is 1.96. The molecule has 96 valence electrons. The third-order valence-electron chi connectivity index (χ3n) is 2.93. The third kappa shape index (κ3) is 2.47. The molecule has 1 fully saturated rings. The molecule has 1 amide bonds. The van der Waals surface area contributed by atoms with Crippen LogP contribution in [-0.2, 0) is 14.3 Å². The Morgan fingerprint density at radius 1 is 1.61 bits per heavy atom. The molecule has 0 N–H and O–H groups in total. The molecule has 0 aliphatic carbocycles. The minimum atomic E-state index is -0.386. The lowest BCUT2D eigenvalue weighted by molar-refractivity contribution is -0.145. The van der Waals surface area contributed by atoms with Gasteiger partial charge in [0.25, 0.3) is 0 Å². The average molecular weight is 360 g/mol. The van der Waals surface area contributed by atoms with Crippen molar-refractivity contribution >= 4 is 40.3 Å². The molecule has 1 saturated heterocycles. The summed E-state index contributed by atoms with van der Waals surface area (Å²) in [5.74, 6) is -0.175. The van der Waals surface area contributed by atoms with Crippen molar-refractivity contribution in [2.75, 3.05) is 18.6 Å². The predicted octanol–water partition coefficient (Wildman–Crippen LogP) is 1.52. The van der Waals surface area contributed by atoms with Crippen LogP contribution in [0, 0.1) is 16.4 Å². The Hall–Kier alpha value is -1.18. The second-order valence-corrected chi connectivity index (χ2v) is 5.47. The molecule has 18 heavy (non-hydrogen) atoms. The molecule has 2 heterocycles. The van der Waals surface area contributed by atoms with E-state index in [-0.39, 0.29) is 24.2 Å². The van der Waals surface area contributed by atoms with Gasteiger partial charge in [-0.1, -0.05) is 0 Å². The van der Waals surface area contributed by atoms with Gasteiger partial charge < -0.3 is 4.74 Å². The highest BCUT2D eigenvalue weighted by molar-refractivity contribution is 14.1. The van der Waals surface area contributed by atoms with Gasteiger partial charge in [-0.3, -0.25) is 14.5 Å². The number of esters is 1. The summed E-state index contributed by atoms with van der Waals surface area (Å²) in [6.45, 7) is 2.25. The van der Waals surface area contributed by atoms with Gasteiger partial charge in [-0.2, -0.15) is 0 Å². The van der Waals surface area contributed by atoms with Crippen molar-refractivity contribution in [3.8, 4) is 0 Å². The Bertz CT molecular complexity index is 504. The van der Waals surface area contributed by atoms with Crippen molar-refractivity contribution in [3.05, 3.63) is 21.4 Å². The topological polar surface area (TPSA) is 59.5 Å². The lowest BCUT2D eigenvalue weighted by Crippen LogP contribution is -2.27. The van der Waals surface area contributed by atoms with E-state index in [0.29, 0.717) is 12.4 Å². The molecule has 0 bridgehead atoms. The minimum Gasteiger partial charge on any atom is -0.469 e. The fourth-order valence-corrected chi connectivity index (χ4v) is 2.66. The van der Waals surface area contributed by atoms with Crippen LogP contribution in [0.1, 0.15) is 12.0 Å². The third-order valence-corrected chi connectivity index (χ3v) is 3.52. The molecule has 0 spiro atoms. The second-order valence-electron chi connectivity index (χ2n) is 4.22. The van der Waals surface area contributed by atoms with Crippen LogP contribution in [0.5, 0.6) is 0 Å². The van der Waals surface area contributed by atoms with E-state index in [1.807, 2.05) is 13.0 Å². The molecule has 1 aromatic heterocycles. The standard InChI is InChI=1S/C12H13IN2O3/c1-7-3-9(13)5-14-11(7)15-6-8(4-10(15)16)12(17)18-2/h3,5,8H,4,6H2,1-2H3. The van der Waals surface area contributed by atoms with E-state index >= 15 is 0 Å². The Labute approximate surface area is 119 Å². The van der Waals surface area contributed by atoms with Crippen molar-refractivity contribution in [1.82, 2.24) is 4.98 Å². The maximum absolute atomic E-state index is 11.9. The van der Waals surface area contributed by atoms with Gasteiger partial charge in [0.1, 0.15) is 5.82 Å². The molecule has 2 rings (SSSR count). The van der Waals surface area contributed by atoms with Crippen molar-refractivity contribution in [3.63, 3.8) is 0 Å². The quantitative estimate of drug-likeness (QED) is 0.593. The summed E-state index contributed by atoms with van der Waals surface area (Å²) >= 11 is 2.17. The van der Waals surface area contributed by atoms with E-state index in [1.54, 1.807) is 11.1 Å². The number of aryl methyl sites for hydroxylation is 1. The van der Waals surface area contributed by atoms with Crippen LogP contribution in [0.2, 0.25) is 0 Å². The van der Waals surface area contributed by atoms with Gasteiger partial charge in [-0.15, -0.1) is 0 Å². The fourth-order valence-electron chi connectivity index (χ4n) is 2.05. The summed E-state index contributed by atoms with van der Waals surface area (Å²) in [4.78, 5) is 29.2. The maximum Gasteiger partial charge on any atom is 0.311 e. The SMILES string of the molecule is COC(=O)C1CC(=O)N(c2ncc(I)cc2C)C1. The summed E-state index contributed by atoms with van der Waals surface area (Å²) in [5, 5.41) is 0. The van der Waals surface area contributed by atoms with Crippen molar-refractivity contribution in [1.29, 1.82) is 0 Å². The van der Waals surface area contributed by atoms with E-state index in [9.17, 15) is 9.59 Å². The van der Waals surface area contributed by atoms with Gasteiger partial charge in [0, 0.05) is 22.7 Å². The van der Waals surface area contributed by atoms with Crippen LogP contribution < -0.4 is 4.90 Å². The molecule has 1 atom stereocenters. The van der Waals surface area contributed by atoms with Gasteiger partial charge in [0.05, 0.1) is 13.0 Å². The first-order chi connectivity index (χ1) is 8.52. The number of rotatable bonds is 2. The molecule has 0 radical (unpaired) electrons. The molecular formula is C12H13IN2O3. The van der Waals surface area contributed by atoms with Gasteiger partial charge in [0.2, 0.25) is 5.91 Å². The number of carbonyl (C=O) groups is 2. The number of pyridine rings is 1. The second kappa shape index (κ2) is 5.21. The molecule has 1 aliphatic heterocycles. The average Bonchev–Trinajstić information content (AvgIpc) is 2.70. The lowest BCUT2D eigenvalue weighted by atomic mass is 10.1. The van der Waals surface area contributed by atoms with Gasteiger partial charge >= 0.3 is 5.97 Å². The first kappa shape index (κ1) is 13.3. The van der Waals surface area contributed by atoms with Crippen molar-refractivity contribution in [2.45, 2.75) is 13.3 Å². The highest BCUT2D eigenvalue weighted by Gasteiger charge is 2.36. The highest BCUT2D eigenvalue weighted by Crippen LogP contribution is 2.27. The van der Waals surface area contributed by atoms with Crippen LogP contribution >= 0.6 is 22.6 Å². The van der Waals surface area contributed by atoms with E-state index in [4.69, 9.17) is 0 Å². The summed E-state index contributed by atoms with van der Waals surface area (Å²) in [6.07, 6.45) is 1.90. The Morgan fingerprint density at radius 2 is 2.33 bits per heavy atom. The highest BCUT2D eigenvalue weighted by atomic mass is 127. The van der Waals surface area contributed by atoms with Crippen LogP contribution in [-0.4, -0.2) is 30.5 Å². The molecule has 1 unspecified atom stereocenters. The molecule has 0 saturated carbocycles. The minimum absolute atomic E-state index is 0.0813. The summed E-state index contributed by atoms with van der Waals surface area (Å²) in [5.41, 5.74) is 0.931. The predicted molar refractivity (Wildman–Crippen MR) is 74.2 cm³/mol. The number of anilines is 1. The van der Waals surface area contributed by atoms with Crippen LogP contribution in [0.15, 0.2) is 12.3 Å². The molecule has 1 aliphatic rings. The molecule has 6 heteroatoms. The zero-order valence-electron chi connectivity index (χ0n) is 10.1. The zero-order chi connectivity index (χ0) is 13.3. The first-order valence-corrected chi connectivity index (χ1v) is 6.61. The van der Waals surface area contributed by atoms with E-state index < -0.39 is 0 Å². The monoisotopic (exact) mass is 360 g/mol. The Morgan fingerprint density at radius 3 is 2.94 bits per heavy atom. The summed E-state index contributed by atoms with van der Waals surface area (Å²) in [7, 11) is 1.34. The number of nitrogens with zero attached hydrogens (tertiary/aromatic N) is 2. The number of aromatic nitrogens is 1. The zero-order valence-corrected chi connectivity index (χ0v) is 12.3. The molecule has 1 aromatic rings. The number of amides is 1. The van der Waals surface area contributed by atoms with Crippen molar-refractivity contribution < 1.29 is 14.3 Å². The molecular weight excluding hydrogens is 347 g/mol. The molecule has 0 aromatic carbocycles. The number of hydrogen-bond donors (Lipinski definition) is 0. The first-order valence-electron chi connectivity index (χ1n) is 5.53. The van der Waals surface area contributed by atoms with Crippen LogP contribution in [0.3, 0.4) is 0 Å². The number of carbonyl (C=O) groups excluding carboxylic acids is 2. The largest absolute Gasteiger partial charge is 0.469 e. The van der Waals surface area contributed by atoms with Crippen LogP contribution in [0.25, 0.3) is 0 Å². The Kier molecular flexibility index (Phi) is 3.84. The normalized spacial score (nSPS) is 19.2. The lowest BCUT2D eigenvalue weighted by Gasteiger charge is -2.17. The van der Waals surface area contributed by atoms with Crippen LogP contribution in [0.4, 0.5) is 5.82 Å². The fraction of sp³-hybridized carbons (Fsp3) is 0.417. The number of hydrogen-bond acceptors (Lipinski definition) is 4.